The van der Waals surface area contributed by atoms with Gasteiger partial charge in [-0.1, -0.05) is 26.2 Å². The van der Waals surface area contributed by atoms with Crippen molar-refractivity contribution in [1.82, 2.24) is 4.72 Å². The van der Waals surface area contributed by atoms with Crippen LogP contribution in [-0.4, -0.2) is 19.7 Å². The Hall–Kier alpha value is -0.0900. The second kappa shape index (κ2) is 5.30. The van der Waals surface area contributed by atoms with Crippen molar-refractivity contribution in [2.75, 3.05) is 0 Å². The van der Waals surface area contributed by atoms with Crippen LogP contribution in [0.1, 0.15) is 52.9 Å². The molecule has 15 heavy (non-hydrogen) atoms. The molecule has 0 aromatic heterocycles. The minimum absolute atomic E-state index is 0.153. The van der Waals surface area contributed by atoms with Gasteiger partial charge in [0.1, 0.15) is 0 Å². The van der Waals surface area contributed by atoms with Gasteiger partial charge in [0.25, 0.3) is 0 Å². The first-order valence-corrected chi connectivity index (χ1v) is 7.49. The third kappa shape index (κ3) is 3.76. The fourth-order valence-corrected chi connectivity index (χ4v) is 3.06. The summed E-state index contributed by atoms with van der Waals surface area (Å²) < 4.78 is 26.3. The average molecular weight is 233 g/mol. The molecular formula is C11H23NO2S. The quantitative estimate of drug-likeness (QED) is 0.760. The van der Waals surface area contributed by atoms with Gasteiger partial charge < -0.3 is 0 Å². The highest BCUT2D eigenvalue weighted by atomic mass is 32.2. The van der Waals surface area contributed by atoms with Gasteiger partial charge in [0, 0.05) is 6.04 Å². The summed E-state index contributed by atoms with van der Waals surface area (Å²) >= 11 is 0. The molecule has 3 nitrogen and oxygen atoms in total. The van der Waals surface area contributed by atoms with E-state index >= 15 is 0 Å². The molecule has 0 spiro atoms. The monoisotopic (exact) mass is 233 g/mol. The van der Waals surface area contributed by atoms with Crippen molar-refractivity contribution in [2.24, 2.45) is 5.92 Å². The standard InChI is InChI=1S/C11H23NO2S/c1-9(2)15(13,14)12-11-8-6-4-5-7-10(11)3/h9-12H,4-8H2,1-3H3. The Morgan fingerprint density at radius 1 is 1.13 bits per heavy atom. The zero-order valence-corrected chi connectivity index (χ0v) is 10.8. The average Bonchev–Trinajstić information content (AvgIpc) is 2.31. The van der Waals surface area contributed by atoms with Crippen LogP contribution < -0.4 is 4.72 Å². The Balaban J connectivity index is 2.63. The summed E-state index contributed by atoms with van der Waals surface area (Å²) in [5.74, 6) is 0.473. The van der Waals surface area contributed by atoms with Crippen molar-refractivity contribution in [2.45, 2.75) is 64.2 Å². The third-order valence-electron chi connectivity index (χ3n) is 3.30. The lowest BCUT2D eigenvalue weighted by Crippen LogP contribution is -2.42. The molecule has 4 heteroatoms. The highest BCUT2D eigenvalue weighted by molar-refractivity contribution is 7.90. The lowest BCUT2D eigenvalue weighted by Gasteiger charge is -2.23. The predicted octanol–water partition coefficient (Wildman–Crippen LogP) is 2.28. The second-order valence-electron chi connectivity index (χ2n) is 4.93. The van der Waals surface area contributed by atoms with Crippen LogP contribution >= 0.6 is 0 Å². The maximum absolute atomic E-state index is 11.7. The van der Waals surface area contributed by atoms with E-state index in [4.69, 9.17) is 0 Å². The number of hydrogen-bond acceptors (Lipinski definition) is 2. The number of sulfonamides is 1. The van der Waals surface area contributed by atoms with Crippen LogP contribution in [0, 0.1) is 5.92 Å². The first-order valence-electron chi connectivity index (χ1n) is 5.94. The molecule has 0 amide bonds. The van der Waals surface area contributed by atoms with Crippen LogP contribution in [-0.2, 0) is 10.0 Å². The Kier molecular flexibility index (Phi) is 4.59. The van der Waals surface area contributed by atoms with Crippen LogP contribution in [0.5, 0.6) is 0 Å². The van der Waals surface area contributed by atoms with Gasteiger partial charge in [-0.05, 0) is 32.6 Å². The van der Waals surface area contributed by atoms with Crippen molar-refractivity contribution in [1.29, 1.82) is 0 Å². The summed E-state index contributed by atoms with van der Waals surface area (Å²) in [7, 11) is -3.10. The van der Waals surface area contributed by atoms with Crippen molar-refractivity contribution < 1.29 is 8.42 Å². The Labute approximate surface area is 93.7 Å². The fraction of sp³-hybridized carbons (Fsp3) is 1.00. The SMILES string of the molecule is CC1CCCCCC1NS(=O)(=O)C(C)C. The van der Waals surface area contributed by atoms with Gasteiger partial charge >= 0.3 is 0 Å². The molecule has 0 bridgehead atoms. The summed E-state index contributed by atoms with van der Waals surface area (Å²) in [6.07, 6.45) is 5.76. The van der Waals surface area contributed by atoms with E-state index in [-0.39, 0.29) is 11.3 Å². The van der Waals surface area contributed by atoms with Crippen LogP contribution in [0.25, 0.3) is 0 Å². The van der Waals surface area contributed by atoms with Gasteiger partial charge in [0.05, 0.1) is 5.25 Å². The maximum Gasteiger partial charge on any atom is 0.214 e. The van der Waals surface area contributed by atoms with Gasteiger partial charge in [0.15, 0.2) is 0 Å². The molecule has 1 aliphatic carbocycles. The molecule has 1 aliphatic rings. The Morgan fingerprint density at radius 3 is 2.33 bits per heavy atom. The first kappa shape index (κ1) is 13.0. The molecule has 0 radical (unpaired) electrons. The van der Waals surface area contributed by atoms with Crippen molar-refractivity contribution in [3.63, 3.8) is 0 Å². The largest absolute Gasteiger partial charge is 0.214 e. The summed E-state index contributed by atoms with van der Waals surface area (Å²) in [5.41, 5.74) is 0. The third-order valence-corrected chi connectivity index (χ3v) is 5.17. The van der Waals surface area contributed by atoms with E-state index in [1.807, 2.05) is 0 Å². The van der Waals surface area contributed by atoms with Gasteiger partial charge in [-0.3, -0.25) is 0 Å². The van der Waals surface area contributed by atoms with Gasteiger partial charge in [-0.2, -0.15) is 0 Å². The highest BCUT2D eigenvalue weighted by Crippen LogP contribution is 2.23. The summed E-state index contributed by atoms with van der Waals surface area (Å²) in [4.78, 5) is 0. The smallest absolute Gasteiger partial charge is 0.212 e. The number of rotatable bonds is 3. The van der Waals surface area contributed by atoms with Gasteiger partial charge in [-0.15, -0.1) is 0 Å². The minimum atomic E-state index is -3.10. The van der Waals surface area contributed by atoms with Crippen LogP contribution in [0.3, 0.4) is 0 Å². The Bertz CT molecular complexity index is 285. The molecule has 1 rings (SSSR count). The summed E-state index contributed by atoms with van der Waals surface area (Å²) in [5, 5.41) is -0.326. The van der Waals surface area contributed by atoms with E-state index in [1.165, 1.54) is 12.8 Å². The molecule has 1 fully saturated rings. The summed E-state index contributed by atoms with van der Waals surface area (Å²) in [6, 6.07) is 0.153. The van der Waals surface area contributed by atoms with Crippen molar-refractivity contribution >= 4 is 10.0 Å². The summed E-state index contributed by atoms with van der Waals surface area (Å²) in [6.45, 7) is 5.60. The maximum atomic E-state index is 11.7. The first-order chi connectivity index (χ1) is 6.93. The normalized spacial score (nSPS) is 29.1. The highest BCUT2D eigenvalue weighted by Gasteiger charge is 2.26. The van der Waals surface area contributed by atoms with E-state index in [2.05, 4.69) is 11.6 Å². The molecule has 2 unspecified atom stereocenters. The molecule has 1 saturated carbocycles. The lowest BCUT2D eigenvalue weighted by molar-refractivity contribution is 0.398. The van der Waals surface area contributed by atoms with Crippen LogP contribution in [0.4, 0.5) is 0 Å². The fourth-order valence-electron chi connectivity index (χ4n) is 2.02. The molecule has 1 N–H and O–H groups in total. The van der Waals surface area contributed by atoms with E-state index in [1.54, 1.807) is 13.8 Å². The Morgan fingerprint density at radius 2 is 1.73 bits per heavy atom. The van der Waals surface area contributed by atoms with Crippen LogP contribution in [0.15, 0.2) is 0 Å². The topological polar surface area (TPSA) is 46.2 Å². The molecule has 0 saturated heterocycles. The molecule has 0 aromatic rings. The molecule has 2 atom stereocenters. The van der Waals surface area contributed by atoms with Crippen LogP contribution in [0.2, 0.25) is 0 Å². The van der Waals surface area contributed by atoms with E-state index in [9.17, 15) is 8.42 Å². The molecular weight excluding hydrogens is 210 g/mol. The molecule has 90 valence electrons. The zero-order valence-electron chi connectivity index (χ0n) is 9.99. The molecule has 0 heterocycles. The molecule has 0 aliphatic heterocycles. The predicted molar refractivity (Wildman–Crippen MR) is 63.2 cm³/mol. The zero-order chi connectivity index (χ0) is 11.5. The van der Waals surface area contributed by atoms with E-state index in [0.29, 0.717) is 5.92 Å². The van der Waals surface area contributed by atoms with Crippen molar-refractivity contribution in [3.8, 4) is 0 Å². The van der Waals surface area contributed by atoms with E-state index in [0.717, 1.165) is 19.3 Å². The van der Waals surface area contributed by atoms with Crippen molar-refractivity contribution in [3.05, 3.63) is 0 Å². The minimum Gasteiger partial charge on any atom is -0.212 e. The molecule has 0 aromatic carbocycles. The van der Waals surface area contributed by atoms with Gasteiger partial charge in [-0.25, -0.2) is 13.1 Å². The number of hydrogen-bond donors (Lipinski definition) is 1. The number of nitrogens with one attached hydrogen (secondary N) is 1. The lowest BCUT2D eigenvalue weighted by atomic mass is 9.98. The van der Waals surface area contributed by atoms with E-state index < -0.39 is 10.0 Å². The second-order valence-corrected chi connectivity index (χ2v) is 7.20. The van der Waals surface area contributed by atoms with Gasteiger partial charge in [0.2, 0.25) is 10.0 Å².